The highest BCUT2D eigenvalue weighted by Gasteiger charge is 2.68. The number of aliphatic carboxylic acids is 1. The highest BCUT2D eigenvalue weighted by Crippen LogP contribution is 2.68. The Hall–Kier alpha value is -2.37. The fourth-order valence-corrected chi connectivity index (χ4v) is 3.03. The second-order valence-electron chi connectivity index (χ2n) is 7.02. The maximum Gasteiger partial charge on any atom is 0.322 e. The number of benzene rings is 1. The van der Waals surface area contributed by atoms with Gasteiger partial charge in [-0.15, -0.1) is 0 Å². The van der Waals surface area contributed by atoms with Crippen molar-refractivity contribution in [3.63, 3.8) is 0 Å². The summed E-state index contributed by atoms with van der Waals surface area (Å²) in [5.74, 6) is -1.64. The molecule has 1 aliphatic carbocycles. The van der Waals surface area contributed by atoms with E-state index in [-0.39, 0.29) is 22.7 Å². The molecule has 6 nitrogen and oxygen atoms in total. The van der Waals surface area contributed by atoms with Crippen LogP contribution in [0.5, 0.6) is 0 Å². The normalized spacial score (nSPS) is 18.1. The van der Waals surface area contributed by atoms with E-state index in [1.165, 1.54) is 0 Å². The Morgan fingerprint density at radius 2 is 1.57 bits per heavy atom. The molecule has 124 valence electrons. The van der Waals surface area contributed by atoms with Gasteiger partial charge in [-0.2, -0.15) is 0 Å². The van der Waals surface area contributed by atoms with Crippen LogP contribution in [0.25, 0.3) is 0 Å². The number of carbonyl (C=O) groups excluding carboxylic acids is 2. The molecule has 0 radical (unpaired) electrons. The topological polar surface area (TPSA) is 95.5 Å². The smallest absolute Gasteiger partial charge is 0.322 e. The third kappa shape index (κ3) is 3.21. The van der Waals surface area contributed by atoms with E-state index >= 15 is 0 Å². The molecule has 1 fully saturated rings. The average molecular weight is 318 g/mol. The van der Waals surface area contributed by atoms with E-state index in [9.17, 15) is 14.4 Å². The van der Waals surface area contributed by atoms with Crippen molar-refractivity contribution in [3.8, 4) is 0 Å². The summed E-state index contributed by atoms with van der Waals surface area (Å²) in [5.41, 5.74) is 0.890. The zero-order valence-electron chi connectivity index (χ0n) is 13.8. The molecule has 2 amide bonds. The lowest BCUT2D eigenvalue weighted by atomic mass is 10.0. The number of hydrogen-bond donors (Lipinski definition) is 3. The van der Waals surface area contributed by atoms with E-state index in [2.05, 4.69) is 38.3 Å². The fraction of sp³-hybridized carbons (Fsp3) is 0.471. The second kappa shape index (κ2) is 5.68. The maximum absolute atomic E-state index is 12.3. The quantitative estimate of drug-likeness (QED) is 0.775. The van der Waals surface area contributed by atoms with Crippen molar-refractivity contribution >= 4 is 23.5 Å². The van der Waals surface area contributed by atoms with Crippen molar-refractivity contribution < 1.29 is 19.5 Å². The molecule has 1 aliphatic rings. The van der Waals surface area contributed by atoms with E-state index in [1.54, 1.807) is 24.3 Å². The van der Waals surface area contributed by atoms with Crippen LogP contribution in [0.15, 0.2) is 24.3 Å². The van der Waals surface area contributed by atoms with Gasteiger partial charge < -0.3 is 15.7 Å². The van der Waals surface area contributed by atoms with Crippen LogP contribution in [0.2, 0.25) is 0 Å². The van der Waals surface area contributed by atoms with Crippen LogP contribution in [-0.4, -0.2) is 29.4 Å². The third-order valence-corrected chi connectivity index (χ3v) is 5.10. The van der Waals surface area contributed by atoms with Crippen LogP contribution in [-0.2, 0) is 9.59 Å². The SMILES string of the molecule is CC1(C)C(C(=O)Nc2ccc(C(=O)NCC(=O)O)cc2)C1(C)C. The van der Waals surface area contributed by atoms with Crippen LogP contribution < -0.4 is 10.6 Å². The summed E-state index contributed by atoms with van der Waals surface area (Å²) < 4.78 is 0. The zero-order chi connectivity index (χ0) is 17.4. The molecule has 0 bridgehead atoms. The molecular formula is C17H22N2O4. The Morgan fingerprint density at radius 3 is 2.00 bits per heavy atom. The minimum atomic E-state index is -1.10. The van der Waals surface area contributed by atoms with E-state index in [4.69, 9.17) is 5.11 Å². The van der Waals surface area contributed by atoms with Gasteiger partial charge >= 0.3 is 5.97 Å². The molecule has 1 aromatic rings. The molecule has 23 heavy (non-hydrogen) atoms. The fourth-order valence-electron chi connectivity index (χ4n) is 3.03. The molecular weight excluding hydrogens is 296 g/mol. The van der Waals surface area contributed by atoms with E-state index in [0.717, 1.165) is 0 Å². The standard InChI is InChI=1S/C17H22N2O4/c1-16(2)13(17(16,3)4)15(23)19-11-7-5-10(6-8-11)14(22)18-9-12(20)21/h5-8,13H,9H2,1-4H3,(H,18,22)(H,19,23)(H,20,21). The number of rotatable bonds is 5. The highest BCUT2D eigenvalue weighted by atomic mass is 16.4. The molecule has 0 spiro atoms. The summed E-state index contributed by atoms with van der Waals surface area (Å²) in [6, 6.07) is 6.37. The first kappa shape index (κ1) is 17.0. The van der Waals surface area contributed by atoms with E-state index in [0.29, 0.717) is 11.3 Å². The summed E-state index contributed by atoms with van der Waals surface area (Å²) >= 11 is 0. The summed E-state index contributed by atoms with van der Waals surface area (Å²) in [6.45, 7) is 7.88. The third-order valence-electron chi connectivity index (χ3n) is 5.10. The lowest BCUT2D eigenvalue weighted by molar-refractivity contribution is -0.135. The molecule has 1 saturated carbocycles. The minimum absolute atomic E-state index is 0.0249. The van der Waals surface area contributed by atoms with Crippen LogP contribution >= 0.6 is 0 Å². The molecule has 0 unspecified atom stereocenters. The van der Waals surface area contributed by atoms with Gasteiger partial charge in [0.25, 0.3) is 5.91 Å². The van der Waals surface area contributed by atoms with Crippen molar-refractivity contribution in [1.29, 1.82) is 0 Å². The zero-order valence-corrected chi connectivity index (χ0v) is 13.8. The summed E-state index contributed by atoms with van der Waals surface area (Å²) in [7, 11) is 0. The van der Waals surface area contributed by atoms with Crippen molar-refractivity contribution in [2.45, 2.75) is 27.7 Å². The Balaban J connectivity index is 1.97. The molecule has 0 heterocycles. The lowest BCUT2D eigenvalue weighted by Gasteiger charge is -2.08. The second-order valence-corrected chi connectivity index (χ2v) is 7.02. The van der Waals surface area contributed by atoms with Crippen molar-refractivity contribution in [3.05, 3.63) is 29.8 Å². The van der Waals surface area contributed by atoms with Gasteiger partial charge in [0.15, 0.2) is 0 Å². The van der Waals surface area contributed by atoms with E-state index in [1.807, 2.05) is 0 Å². The first-order valence-corrected chi connectivity index (χ1v) is 7.48. The molecule has 1 aromatic carbocycles. The Kier molecular flexibility index (Phi) is 4.20. The average Bonchev–Trinajstić information content (AvgIpc) is 2.86. The highest BCUT2D eigenvalue weighted by molar-refractivity contribution is 5.98. The lowest BCUT2D eigenvalue weighted by Crippen LogP contribution is -2.29. The first-order valence-electron chi connectivity index (χ1n) is 7.48. The molecule has 3 N–H and O–H groups in total. The van der Waals surface area contributed by atoms with Crippen molar-refractivity contribution in [2.24, 2.45) is 16.7 Å². The van der Waals surface area contributed by atoms with Crippen LogP contribution in [0.1, 0.15) is 38.1 Å². The van der Waals surface area contributed by atoms with Gasteiger partial charge in [-0.1, -0.05) is 27.7 Å². The summed E-state index contributed by atoms with van der Waals surface area (Å²) in [5, 5.41) is 13.7. The van der Waals surface area contributed by atoms with Crippen LogP contribution in [0.3, 0.4) is 0 Å². The summed E-state index contributed by atoms with van der Waals surface area (Å²) in [6.07, 6.45) is 0. The number of amides is 2. The Bertz CT molecular complexity index is 633. The first-order chi connectivity index (χ1) is 10.6. The molecule has 0 aliphatic heterocycles. The van der Waals surface area contributed by atoms with Crippen molar-refractivity contribution in [1.82, 2.24) is 5.32 Å². The van der Waals surface area contributed by atoms with Gasteiger partial charge in [-0.25, -0.2) is 0 Å². The molecule has 0 atom stereocenters. The van der Waals surface area contributed by atoms with Crippen molar-refractivity contribution in [2.75, 3.05) is 11.9 Å². The predicted molar refractivity (Wildman–Crippen MR) is 86.1 cm³/mol. The molecule has 0 aromatic heterocycles. The monoisotopic (exact) mass is 318 g/mol. The van der Waals surface area contributed by atoms with E-state index < -0.39 is 18.4 Å². The van der Waals surface area contributed by atoms with Gasteiger partial charge in [-0.3, -0.25) is 14.4 Å². The number of carbonyl (C=O) groups is 3. The molecule has 0 saturated heterocycles. The predicted octanol–water partition coefficient (Wildman–Crippen LogP) is 2.12. The van der Waals surface area contributed by atoms with Crippen LogP contribution in [0, 0.1) is 16.7 Å². The number of hydrogen-bond acceptors (Lipinski definition) is 3. The number of carboxylic acid groups (broad SMARTS) is 1. The van der Waals surface area contributed by atoms with Gasteiger partial charge in [-0.05, 0) is 35.1 Å². The summed E-state index contributed by atoms with van der Waals surface area (Å²) in [4.78, 5) is 34.5. The van der Waals surface area contributed by atoms with Gasteiger partial charge in [0.05, 0.1) is 0 Å². The number of anilines is 1. The minimum Gasteiger partial charge on any atom is -0.480 e. The maximum atomic E-state index is 12.3. The largest absolute Gasteiger partial charge is 0.480 e. The van der Waals surface area contributed by atoms with Gasteiger partial charge in [0.2, 0.25) is 5.91 Å². The van der Waals surface area contributed by atoms with Gasteiger partial charge in [0, 0.05) is 17.2 Å². The Labute approximate surface area is 135 Å². The number of carboxylic acids is 1. The van der Waals surface area contributed by atoms with Gasteiger partial charge in [0.1, 0.15) is 6.54 Å². The Morgan fingerprint density at radius 1 is 1.04 bits per heavy atom. The molecule has 6 heteroatoms. The molecule has 2 rings (SSSR count). The number of nitrogens with one attached hydrogen (secondary N) is 2. The van der Waals surface area contributed by atoms with Crippen LogP contribution in [0.4, 0.5) is 5.69 Å².